The van der Waals surface area contributed by atoms with Gasteiger partial charge in [-0.1, -0.05) is 12.1 Å². The van der Waals surface area contributed by atoms with Crippen LogP contribution in [0.1, 0.15) is 18.4 Å². The van der Waals surface area contributed by atoms with Crippen molar-refractivity contribution in [3.05, 3.63) is 29.8 Å². The summed E-state index contributed by atoms with van der Waals surface area (Å²) in [6.07, 6.45) is 0.925. The lowest BCUT2D eigenvalue weighted by atomic mass is 9.80. The molecule has 0 saturated carbocycles. The normalized spacial score (nSPS) is 25.3. The van der Waals surface area contributed by atoms with E-state index in [1.165, 1.54) is 0 Å². The Labute approximate surface area is 131 Å². The van der Waals surface area contributed by atoms with Crippen molar-refractivity contribution >= 4 is 6.03 Å². The lowest BCUT2D eigenvalue weighted by Crippen LogP contribution is -2.56. The molecule has 1 aliphatic rings. The molecule has 22 heavy (non-hydrogen) atoms. The van der Waals surface area contributed by atoms with E-state index in [1.54, 1.807) is 12.0 Å². The van der Waals surface area contributed by atoms with Crippen LogP contribution in [0.25, 0.3) is 0 Å². The first-order valence-corrected chi connectivity index (χ1v) is 7.43. The molecule has 6 nitrogen and oxygen atoms in total. The Morgan fingerprint density at radius 1 is 1.55 bits per heavy atom. The molecular formula is C16H25N3O3. The van der Waals surface area contributed by atoms with Gasteiger partial charge in [-0.25, -0.2) is 4.79 Å². The van der Waals surface area contributed by atoms with E-state index in [1.807, 2.05) is 43.3 Å². The van der Waals surface area contributed by atoms with E-state index >= 15 is 0 Å². The zero-order valence-electron chi connectivity index (χ0n) is 13.5. The van der Waals surface area contributed by atoms with Crippen LogP contribution in [0.2, 0.25) is 0 Å². The van der Waals surface area contributed by atoms with Crippen LogP contribution in [0.3, 0.4) is 0 Å². The Balaban J connectivity index is 2.26. The van der Waals surface area contributed by atoms with Gasteiger partial charge in [0.2, 0.25) is 0 Å². The van der Waals surface area contributed by atoms with Crippen LogP contribution in [-0.2, 0) is 5.60 Å². The van der Waals surface area contributed by atoms with Gasteiger partial charge in [-0.15, -0.1) is 0 Å². The molecule has 6 heteroatoms. The smallest absolute Gasteiger partial charge is 0.315 e. The lowest BCUT2D eigenvalue weighted by Gasteiger charge is -2.44. The van der Waals surface area contributed by atoms with Crippen molar-refractivity contribution < 1.29 is 14.6 Å². The van der Waals surface area contributed by atoms with Crippen LogP contribution in [0.15, 0.2) is 24.3 Å². The van der Waals surface area contributed by atoms with E-state index in [0.29, 0.717) is 31.7 Å². The largest absolute Gasteiger partial charge is 0.497 e. The summed E-state index contributed by atoms with van der Waals surface area (Å²) < 4.78 is 5.24. The van der Waals surface area contributed by atoms with E-state index in [9.17, 15) is 9.90 Å². The first-order chi connectivity index (χ1) is 10.4. The number of aliphatic hydroxyl groups is 1. The monoisotopic (exact) mass is 307 g/mol. The summed E-state index contributed by atoms with van der Waals surface area (Å²) in [6, 6.07) is 6.93. The van der Waals surface area contributed by atoms with Crippen LogP contribution in [0, 0.1) is 0 Å². The number of primary amides is 1. The summed E-state index contributed by atoms with van der Waals surface area (Å²) in [4.78, 5) is 15.3. The minimum absolute atomic E-state index is 0.113. The number of nitrogens with zero attached hydrogens (tertiary/aromatic N) is 2. The molecule has 0 aliphatic carbocycles. The van der Waals surface area contributed by atoms with Crippen molar-refractivity contribution in [1.82, 2.24) is 9.80 Å². The third-order valence-electron chi connectivity index (χ3n) is 4.25. The number of amides is 2. The third-order valence-corrected chi connectivity index (χ3v) is 4.25. The number of carbonyl (C=O) groups excluding carboxylic acids is 1. The lowest BCUT2D eigenvalue weighted by molar-refractivity contribution is -0.0427. The van der Waals surface area contributed by atoms with E-state index in [4.69, 9.17) is 10.5 Å². The molecule has 2 atom stereocenters. The molecule has 1 aromatic rings. The van der Waals surface area contributed by atoms with Crippen LogP contribution in [0.4, 0.5) is 4.79 Å². The SMILES string of the molecule is COc1cccc(C2(O)CCN(C(N)=O)C(CN(C)C)C2)c1. The fraction of sp³-hybridized carbons (Fsp3) is 0.562. The zero-order valence-corrected chi connectivity index (χ0v) is 13.5. The average molecular weight is 307 g/mol. The molecule has 1 saturated heterocycles. The van der Waals surface area contributed by atoms with E-state index in [-0.39, 0.29) is 6.04 Å². The van der Waals surface area contributed by atoms with Gasteiger partial charge in [0.05, 0.1) is 12.7 Å². The van der Waals surface area contributed by atoms with Gasteiger partial charge >= 0.3 is 6.03 Å². The van der Waals surface area contributed by atoms with Crippen molar-refractivity contribution in [3.8, 4) is 5.75 Å². The number of hydrogen-bond acceptors (Lipinski definition) is 4. The molecule has 1 aromatic carbocycles. The van der Waals surface area contributed by atoms with Gasteiger partial charge in [0, 0.05) is 25.6 Å². The first kappa shape index (κ1) is 16.6. The second kappa shape index (κ2) is 6.54. The van der Waals surface area contributed by atoms with Gasteiger partial charge < -0.3 is 25.4 Å². The summed E-state index contributed by atoms with van der Waals surface area (Å²) in [5.41, 5.74) is 5.32. The zero-order chi connectivity index (χ0) is 16.3. The van der Waals surface area contributed by atoms with Crippen LogP contribution >= 0.6 is 0 Å². The number of likely N-dealkylation sites (tertiary alicyclic amines) is 1. The van der Waals surface area contributed by atoms with Crippen LogP contribution in [0.5, 0.6) is 5.75 Å². The standard InChI is InChI=1S/C16H25N3O3/c1-18(2)11-13-10-16(21,7-8-19(13)15(17)20)12-5-4-6-14(9-12)22-3/h4-6,9,13,21H,7-8,10-11H2,1-3H3,(H2,17,20). The predicted molar refractivity (Wildman–Crippen MR) is 84.8 cm³/mol. The van der Waals surface area contributed by atoms with Crippen molar-refractivity contribution in [1.29, 1.82) is 0 Å². The predicted octanol–water partition coefficient (Wildman–Crippen LogP) is 0.987. The minimum Gasteiger partial charge on any atom is -0.497 e. The molecule has 122 valence electrons. The summed E-state index contributed by atoms with van der Waals surface area (Å²) in [5, 5.41) is 11.1. The van der Waals surface area contributed by atoms with E-state index in [0.717, 1.165) is 5.56 Å². The number of benzene rings is 1. The molecular weight excluding hydrogens is 282 g/mol. The van der Waals surface area contributed by atoms with Gasteiger partial charge in [-0.2, -0.15) is 0 Å². The number of methoxy groups -OCH3 is 1. The number of hydrogen-bond donors (Lipinski definition) is 2. The quantitative estimate of drug-likeness (QED) is 0.869. The molecule has 2 unspecified atom stereocenters. The third kappa shape index (κ3) is 3.51. The maximum atomic E-state index is 11.6. The second-order valence-electron chi connectivity index (χ2n) is 6.17. The number of ether oxygens (including phenoxy) is 1. The van der Waals surface area contributed by atoms with Crippen molar-refractivity contribution in [2.24, 2.45) is 5.73 Å². The molecule has 3 N–H and O–H groups in total. The second-order valence-corrected chi connectivity index (χ2v) is 6.17. The topological polar surface area (TPSA) is 79.0 Å². The summed E-state index contributed by atoms with van der Waals surface area (Å²) in [6.45, 7) is 1.11. The molecule has 0 spiro atoms. The van der Waals surface area contributed by atoms with E-state index in [2.05, 4.69) is 0 Å². The molecule has 1 fully saturated rings. The Morgan fingerprint density at radius 3 is 2.86 bits per heavy atom. The number of nitrogens with two attached hydrogens (primary N) is 1. The van der Waals surface area contributed by atoms with Crippen molar-refractivity contribution in [2.45, 2.75) is 24.5 Å². The molecule has 0 bridgehead atoms. The molecule has 0 aromatic heterocycles. The molecule has 1 aliphatic heterocycles. The fourth-order valence-corrected chi connectivity index (χ4v) is 3.14. The number of urea groups is 1. The van der Waals surface area contributed by atoms with Gasteiger partial charge in [0.1, 0.15) is 5.75 Å². The van der Waals surface area contributed by atoms with Gasteiger partial charge in [0.15, 0.2) is 0 Å². The van der Waals surface area contributed by atoms with Crippen molar-refractivity contribution in [2.75, 3.05) is 34.3 Å². The highest BCUT2D eigenvalue weighted by Crippen LogP contribution is 2.37. The minimum atomic E-state index is -0.971. The van der Waals surface area contributed by atoms with E-state index < -0.39 is 11.6 Å². The Bertz CT molecular complexity index is 535. The van der Waals surface area contributed by atoms with Crippen LogP contribution in [-0.4, -0.2) is 61.3 Å². The highest BCUT2D eigenvalue weighted by molar-refractivity contribution is 5.72. The fourth-order valence-electron chi connectivity index (χ4n) is 3.14. The summed E-state index contributed by atoms with van der Waals surface area (Å²) >= 11 is 0. The Morgan fingerprint density at radius 2 is 2.27 bits per heavy atom. The summed E-state index contributed by atoms with van der Waals surface area (Å²) in [7, 11) is 5.49. The molecule has 1 heterocycles. The maximum Gasteiger partial charge on any atom is 0.315 e. The van der Waals surface area contributed by atoms with Gasteiger partial charge in [0.25, 0.3) is 0 Å². The number of rotatable bonds is 4. The molecule has 2 amide bonds. The van der Waals surface area contributed by atoms with Crippen LogP contribution < -0.4 is 10.5 Å². The summed E-state index contributed by atoms with van der Waals surface area (Å²) in [5.74, 6) is 0.715. The van der Waals surface area contributed by atoms with Crippen molar-refractivity contribution in [3.63, 3.8) is 0 Å². The highest BCUT2D eigenvalue weighted by atomic mass is 16.5. The Kier molecular flexibility index (Phi) is 4.93. The Hall–Kier alpha value is -1.79. The number of likely N-dealkylation sites (N-methyl/N-ethyl adjacent to an activating group) is 1. The van der Waals surface area contributed by atoms with Gasteiger partial charge in [-0.05, 0) is 38.2 Å². The van der Waals surface area contributed by atoms with Gasteiger partial charge in [-0.3, -0.25) is 0 Å². The number of carbonyl (C=O) groups is 1. The molecule has 0 radical (unpaired) electrons. The number of piperidine rings is 1. The molecule has 2 rings (SSSR count). The highest BCUT2D eigenvalue weighted by Gasteiger charge is 2.41. The first-order valence-electron chi connectivity index (χ1n) is 7.43. The average Bonchev–Trinajstić information content (AvgIpc) is 2.46. The maximum absolute atomic E-state index is 11.6.